The van der Waals surface area contributed by atoms with E-state index in [0.29, 0.717) is 19.4 Å². The summed E-state index contributed by atoms with van der Waals surface area (Å²) in [5, 5.41) is 0. The van der Waals surface area contributed by atoms with Gasteiger partial charge in [0, 0.05) is 25.7 Å². The van der Waals surface area contributed by atoms with Gasteiger partial charge in [0.25, 0.3) is 0 Å². The number of fused-ring (bicyclic) bond motifs is 1. The average molecular weight is 362 g/mol. The van der Waals surface area contributed by atoms with E-state index in [1.54, 1.807) is 36.4 Å². The molecule has 7 heteroatoms. The van der Waals surface area contributed by atoms with Crippen molar-refractivity contribution in [3.63, 3.8) is 0 Å². The summed E-state index contributed by atoms with van der Waals surface area (Å²) in [6.07, 6.45) is 2.92. The zero-order valence-corrected chi connectivity index (χ0v) is 15.4. The van der Waals surface area contributed by atoms with Crippen molar-refractivity contribution in [1.29, 1.82) is 0 Å². The third-order valence-electron chi connectivity index (χ3n) is 4.62. The van der Waals surface area contributed by atoms with Crippen LogP contribution in [0.15, 0.2) is 45.9 Å². The van der Waals surface area contributed by atoms with Gasteiger partial charge < -0.3 is 9.32 Å². The first-order chi connectivity index (χ1) is 11.7. The van der Waals surface area contributed by atoms with Gasteiger partial charge in [0.15, 0.2) is 0 Å². The predicted octanol–water partition coefficient (Wildman–Crippen LogP) is 2.44. The summed E-state index contributed by atoms with van der Waals surface area (Å²) < 4.78 is 32.9. The molecule has 1 aromatic carbocycles. The molecule has 0 saturated carbocycles. The van der Waals surface area contributed by atoms with Crippen molar-refractivity contribution >= 4 is 21.6 Å². The molecule has 0 aliphatic carbocycles. The molecule has 1 aliphatic rings. The molecule has 134 valence electrons. The molecule has 2 heterocycles. The van der Waals surface area contributed by atoms with Crippen molar-refractivity contribution in [2.75, 3.05) is 18.5 Å². The number of carbonyl (C=O) groups excluding carboxylic acids is 1. The number of hydrogen-bond donors (Lipinski definition) is 1. The maximum atomic E-state index is 12.5. The van der Waals surface area contributed by atoms with Crippen LogP contribution in [0.2, 0.25) is 0 Å². The fourth-order valence-electron chi connectivity index (χ4n) is 3.13. The molecule has 1 amide bonds. The number of nitrogens with one attached hydrogen (secondary N) is 1. The second-order valence-corrected chi connectivity index (χ2v) is 8.52. The first-order valence-electron chi connectivity index (χ1n) is 8.18. The Morgan fingerprint density at radius 1 is 1.24 bits per heavy atom. The molecule has 1 aromatic heterocycles. The Labute approximate surface area is 147 Å². The van der Waals surface area contributed by atoms with Gasteiger partial charge in [-0.05, 0) is 56.2 Å². The maximum absolute atomic E-state index is 12.5. The van der Waals surface area contributed by atoms with Crippen molar-refractivity contribution < 1.29 is 17.6 Å². The van der Waals surface area contributed by atoms with Crippen LogP contribution in [0.1, 0.15) is 31.6 Å². The van der Waals surface area contributed by atoms with E-state index in [9.17, 15) is 13.2 Å². The number of sulfonamides is 1. The minimum atomic E-state index is -3.62. The Morgan fingerprint density at radius 3 is 2.68 bits per heavy atom. The van der Waals surface area contributed by atoms with E-state index < -0.39 is 15.4 Å². The van der Waals surface area contributed by atoms with E-state index in [-0.39, 0.29) is 10.8 Å². The number of likely N-dealkylation sites (N-methyl/N-ethyl adjacent to an activating group) is 1. The van der Waals surface area contributed by atoms with E-state index >= 15 is 0 Å². The standard InChI is InChI=1S/C18H22N2O4S/c1-18(2)15-12-14(8-9-16(15)20(3)17(18)21)25(22,23)19-10-4-6-13-7-5-11-24-13/h5,7-9,11-12,19H,4,6,10H2,1-3H3. The van der Waals surface area contributed by atoms with Crippen LogP contribution in [-0.4, -0.2) is 27.9 Å². The van der Waals surface area contributed by atoms with Crippen LogP contribution < -0.4 is 9.62 Å². The van der Waals surface area contributed by atoms with Gasteiger partial charge in [0.05, 0.1) is 16.6 Å². The second kappa shape index (κ2) is 6.31. The minimum absolute atomic E-state index is 0.0385. The van der Waals surface area contributed by atoms with Crippen molar-refractivity contribution in [3.05, 3.63) is 47.9 Å². The summed E-state index contributed by atoms with van der Waals surface area (Å²) in [6, 6.07) is 8.51. The van der Waals surface area contributed by atoms with Gasteiger partial charge >= 0.3 is 0 Å². The Morgan fingerprint density at radius 2 is 2.00 bits per heavy atom. The normalized spacial score (nSPS) is 16.3. The highest BCUT2D eigenvalue weighted by molar-refractivity contribution is 7.89. The SMILES string of the molecule is CN1C(=O)C(C)(C)c2cc(S(=O)(=O)NCCCc3ccco3)ccc21. The van der Waals surface area contributed by atoms with E-state index in [0.717, 1.165) is 17.0 Å². The lowest BCUT2D eigenvalue weighted by Crippen LogP contribution is -2.33. The Hall–Kier alpha value is -2.12. The quantitative estimate of drug-likeness (QED) is 0.801. The predicted molar refractivity (Wildman–Crippen MR) is 95.1 cm³/mol. The fraction of sp³-hybridized carbons (Fsp3) is 0.389. The monoisotopic (exact) mass is 362 g/mol. The molecule has 0 radical (unpaired) electrons. The second-order valence-electron chi connectivity index (χ2n) is 6.75. The van der Waals surface area contributed by atoms with Crippen LogP contribution in [0, 0.1) is 0 Å². The molecule has 0 fully saturated rings. The topological polar surface area (TPSA) is 79.6 Å². The largest absolute Gasteiger partial charge is 0.469 e. The number of aryl methyl sites for hydroxylation is 1. The number of carbonyl (C=O) groups is 1. The van der Waals surface area contributed by atoms with Crippen LogP contribution in [0.25, 0.3) is 0 Å². The number of rotatable bonds is 6. The molecule has 0 bridgehead atoms. The highest BCUT2D eigenvalue weighted by atomic mass is 32.2. The van der Waals surface area contributed by atoms with Crippen molar-refractivity contribution in [1.82, 2.24) is 4.72 Å². The summed E-state index contributed by atoms with van der Waals surface area (Å²) in [4.78, 5) is 14.1. The molecular weight excluding hydrogens is 340 g/mol. The number of hydrogen-bond acceptors (Lipinski definition) is 4. The Bertz CT molecular complexity index is 886. The summed E-state index contributed by atoms with van der Waals surface area (Å²) in [5.74, 6) is 0.795. The van der Waals surface area contributed by atoms with Crippen LogP contribution >= 0.6 is 0 Å². The zero-order chi connectivity index (χ0) is 18.2. The molecule has 25 heavy (non-hydrogen) atoms. The molecule has 2 aromatic rings. The van der Waals surface area contributed by atoms with Crippen LogP contribution in [-0.2, 0) is 26.7 Å². The number of anilines is 1. The van der Waals surface area contributed by atoms with E-state index in [4.69, 9.17) is 4.42 Å². The number of amides is 1. The lowest BCUT2D eigenvalue weighted by atomic mass is 9.86. The van der Waals surface area contributed by atoms with E-state index in [1.165, 1.54) is 0 Å². The van der Waals surface area contributed by atoms with Crippen LogP contribution in [0.4, 0.5) is 5.69 Å². The summed E-state index contributed by atoms with van der Waals surface area (Å²) >= 11 is 0. The van der Waals surface area contributed by atoms with Crippen molar-refractivity contribution in [3.8, 4) is 0 Å². The van der Waals surface area contributed by atoms with Gasteiger partial charge in [-0.2, -0.15) is 0 Å². The summed E-state index contributed by atoms with van der Waals surface area (Å²) in [6.45, 7) is 3.94. The van der Waals surface area contributed by atoms with Crippen LogP contribution in [0.5, 0.6) is 0 Å². The summed E-state index contributed by atoms with van der Waals surface area (Å²) in [7, 11) is -1.91. The maximum Gasteiger partial charge on any atom is 0.240 e. The minimum Gasteiger partial charge on any atom is -0.469 e. The lowest BCUT2D eigenvalue weighted by molar-refractivity contribution is -0.121. The Balaban J connectivity index is 1.73. The van der Waals surface area contributed by atoms with Crippen molar-refractivity contribution in [2.24, 2.45) is 0 Å². The number of furan rings is 1. The molecule has 0 saturated heterocycles. The third kappa shape index (κ3) is 3.21. The first kappa shape index (κ1) is 17.7. The molecule has 0 unspecified atom stereocenters. The van der Waals surface area contributed by atoms with Gasteiger partial charge in [-0.1, -0.05) is 0 Å². The molecule has 1 aliphatic heterocycles. The van der Waals surface area contributed by atoms with Gasteiger partial charge in [-0.3, -0.25) is 4.79 Å². The molecule has 1 N–H and O–H groups in total. The fourth-order valence-corrected chi connectivity index (χ4v) is 4.23. The van der Waals surface area contributed by atoms with Gasteiger partial charge in [-0.15, -0.1) is 0 Å². The first-order valence-corrected chi connectivity index (χ1v) is 9.66. The van der Waals surface area contributed by atoms with E-state index in [1.807, 2.05) is 26.0 Å². The molecule has 0 spiro atoms. The van der Waals surface area contributed by atoms with Crippen molar-refractivity contribution in [2.45, 2.75) is 37.0 Å². The van der Waals surface area contributed by atoms with Gasteiger partial charge in [0.1, 0.15) is 5.76 Å². The molecule has 3 rings (SSSR count). The Kier molecular flexibility index (Phi) is 4.47. The zero-order valence-electron chi connectivity index (χ0n) is 14.6. The smallest absolute Gasteiger partial charge is 0.240 e. The number of benzene rings is 1. The molecular formula is C18H22N2O4S. The summed E-state index contributed by atoms with van der Waals surface area (Å²) in [5.41, 5.74) is 0.764. The third-order valence-corrected chi connectivity index (χ3v) is 6.08. The van der Waals surface area contributed by atoms with Gasteiger partial charge in [0.2, 0.25) is 15.9 Å². The van der Waals surface area contributed by atoms with E-state index in [2.05, 4.69) is 4.72 Å². The average Bonchev–Trinajstić information content (AvgIpc) is 3.15. The molecule has 0 atom stereocenters. The lowest BCUT2D eigenvalue weighted by Gasteiger charge is -2.16. The number of nitrogens with zero attached hydrogens (tertiary/aromatic N) is 1. The van der Waals surface area contributed by atoms with Gasteiger partial charge in [-0.25, -0.2) is 13.1 Å². The highest BCUT2D eigenvalue weighted by Crippen LogP contribution is 2.41. The highest BCUT2D eigenvalue weighted by Gasteiger charge is 2.42. The molecule has 6 nitrogen and oxygen atoms in total. The van der Waals surface area contributed by atoms with Crippen LogP contribution in [0.3, 0.4) is 0 Å².